The van der Waals surface area contributed by atoms with E-state index in [1.807, 2.05) is 61.7 Å². The van der Waals surface area contributed by atoms with Gasteiger partial charge in [-0.05, 0) is 134 Å². The lowest BCUT2D eigenvalue weighted by atomic mass is 9.86. The summed E-state index contributed by atoms with van der Waals surface area (Å²) in [6.45, 7) is 6.14. The van der Waals surface area contributed by atoms with Crippen LogP contribution in [0.5, 0.6) is 0 Å². The number of carbonyl (C=O) groups is 1. The number of carbonyl (C=O) groups excluding carboxylic acids is 1. The van der Waals surface area contributed by atoms with Gasteiger partial charge in [-0.1, -0.05) is 79.5 Å². The molecule has 1 saturated carbocycles. The van der Waals surface area contributed by atoms with Crippen LogP contribution in [0.3, 0.4) is 0 Å². The molecule has 0 spiro atoms. The Balaban J connectivity index is 1.15. The summed E-state index contributed by atoms with van der Waals surface area (Å²) in [5.74, 6) is 7.33. The van der Waals surface area contributed by atoms with E-state index >= 15 is 0 Å². The maximum Gasteiger partial charge on any atom is 0.185 e. The number of nitrogens with zero attached hydrogens (tertiary/aromatic N) is 1. The fourth-order valence-electron chi connectivity index (χ4n) is 6.67. The second kappa shape index (κ2) is 13.3. The molecule has 0 bridgehead atoms. The van der Waals surface area contributed by atoms with Crippen molar-refractivity contribution in [3.8, 4) is 11.8 Å². The number of ketones is 1. The van der Waals surface area contributed by atoms with Crippen molar-refractivity contribution in [2.45, 2.75) is 77.0 Å². The molecule has 2 aromatic carbocycles. The second-order valence-electron chi connectivity index (χ2n) is 12.3. The average Bonchev–Trinajstić information content (AvgIpc) is 3.56. The van der Waals surface area contributed by atoms with Gasteiger partial charge in [-0.3, -0.25) is 4.79 Å². The Morgan fingerprint density at radius 2 is 1.91 bits per heavy atom. The first kappa shape index (κ1) is 28.8. The van der Waals surface area contributed by atoms with Crippen LogP contribution >= 0.6 is 0 Å². The molecule has 2 aromatic rings. The predicted octanol–water partition coefficient (Wildman–Crippen LogP) is 9.75. The summed E-state index contributed by atoms with van der Waals surface area (Å²) in [7, 11) is 0. The Bertz CT molecular complexity index is 1670. The molecule has 216 valence electrons. The number of rotatable bonds is 7. The normalized spacial score (nSPS) is 18.2. The zero-order chi connectivity index (χ0) is 29.6. The highest BCUT2D eigenvalue weighted by Gasteiger charge is 2.21. The summed E-state index contributed by atoms with van der Waals surface area (Å²) in [6, 6.07) is 12.9. The molecule has 0 saturated heterocycles. The van der Waals surface area contributed by atoms with Gasteiger partial charge in [0.25, 0.3) is 0 Å². The van der Waals surface area contributed by atoms with E-state index in [-0.39, 0.29) is 5.78 Å². The number of hydrogen-bond acceptors (Lipinski definition) is 2. The number of fused-ring (bicyclic) bond motifs is 1. The smallest absolute Gasteiger partial charge is 0.185 e. The lowest BCUT2D eigenvalue weighted by Gasteiger charge is -2.26. The fraction of sp³-hybridized carbons (Fsp3) is 0.293. The van der Waals surface area contributed by atoms with Gasteiger partial charge < -0.3 is 4.90 Å². The van der Waals surface area contributed by atoms with Crippen LogP contribution in [0.25, 0.3) is 0 Å². The van der Waals surface area contributed by atoms with Gasteiger partial charge in [0.15, 0.2) is 5.78 Å². The summed E-state index contributed by atoms with van der Waals surface area (Å²) in [4.78, 5) is 15.3. The highest BCUT2D eigenvalue weighted by Crippen LogP contribution is 2.37. The Morgan fingerprint density at radius 3 is 2.74 bits per heavy atom. The maximum atomic E-state index is 13.2. The molecule has 4 aliphatic rings. The largest absolute Gasteiger partial charge is 0.310 e. The van der Waals surface area contributed by atoms with Gasteiger partial charge in [0.1, 0.15) is 0 Å². The Hall–Kier alpha value is -4.35. The third-order valence-corrected chi connectivity index (χ3v) is 9.08. The monoisotopic (exact) mass is 563 g/mol. The Morgan fingerprint density at radius 1 is 1.02 bits per heavy atom. The molecular formula is C41H41NO. The van der Waals surface area contributed by atoms with Crippen molar-refractivity contribution in [3.63, 3.8) is 0 Å². The second-order valence-corrected chi connectivity index (χ2v) is 12.3. The molecule has 2 aliphatic heterocycles. The molecular weight excluding hydrogens is 522 g/mol. The maximum absolute atomic E-state index is 13.2. The molecule has 0 unspecified atom stereocenters. The number of aryl methyl sites for hydroxylation is 1. The minimum absolute atomic E-state index is 0.0134. The van der Waals surface area contributed by atoms with E-state index in [4.69, 9.17) is 0 Å². The van der Waals surface area contributed by atoms with E-state index in [1.54, 1.807) is 17.2 Å². The standard InChI is InChI=1S/C41H41NO/c1-30-25-38-16-8-9-24-42(38)39(26-30)23-22-35-29-37(20-18-31(35)2)41(43)17-10-13-33-19-21-36(27-32-11-4-3-5-12-32)40(28-33)34-14-6-7-15-34/h8-11,16-21,24-26,28-29,34H,1,3-7,12-15,27H2,2H3/b17-10+. The van der Waals surface area contributed by atoms with Crippen LogP contribution in [0.2, 0.25) is 0 Å². The molecule has 1 fully saturated rings. The minimum atomic E-state index is 0.0134. The first-order valence-electron chi connectivity index (χ1n) is 15.9. The van der Waals surface area contributed by atoms with Crippen LogP contribution in [0.4, 0.5) is 0 Å². The van der Waals surface area contributed by atoms with Gasteiger partial charge in [-0.25, -0.2) is 0 Å². The predicted molar refractivity (Wildman–Crippen MR) is 179 cm³/mol. The van der Waals surface area contributed by atoms with Crippen molar-refractivity contribution in [1.82, 2.24) is 4.90 Å². The quantitative estimate of drug-likeness (QED) is 0.145. The van der Waals surface area contributed by atoms with Gasteiger partial charge in [0.05, 0.1) is 5.70 Å². The van der Waals surface area contributed by atoms with Crippen LogP contribution < -0.4 is 0 Å². The highest BCUT2D eigenvalue weighted by atomic mass is 16.1. The third kappa shape index (κ3) is 7.00. The van der Waals surface area contributed by atoms with Crippen LogP contribution in [0.15, 0.2) is 120 Å². The topological polar surface area (TPSA) is 20.3 Å². The molecule has 2 aliphatic carbocycles. The number of hydrogen-bond donors (Lipinski definition) is 0. The summed E-state index contributed by atoms with van der Waals surface area (Å²) >= 11 is 0. The molecule has 2 heterocycles. The first-order valence-corrected chi connectivity index (χ1v) is 15.9. The number of allylic oxidation sites excluding steroid dienone is 11. The van der Waals surface area contributed by atoms with Gasteiger partial charge >= 0.3 is 0 Å². The van der Waals surface area contributed by atoms with Crippen LogP contribution in [0, 0.1) is 18.8 Å². The van der Waals surface area contributed by atoms with Crippen LogP contribution in [-0.2, 0) is 12.8 Å². The fourth-order valence-corrected chi connectivity index (χ4v) is 6.67. The lowest BCUT2D eigenvalue weighted by Crippen LogP contribution is -2.18. The van der Waals surface area contributed by atoms with Crippen molar-refractivity contribution in [1.29, 1.82) is 0 Å². The summed E-state index contributed by atoms with van der Waals surface area (Å²) in [6.07, 6.45) is 30.6. The van der Waals surface area contributed by atoms with E-state index in [1.165, 1.54) is 62.5 Å². The SMILES string of the molecule is C=C1C=C(C#Cc2cc(C(=O)/C=C/Cc3ccc(CC4=CCCCC4)c(C4CCCC4)c3)ccc2C)N2C=CC=CC2=C1. The molecule has 0 N–H and O–H groups in total. The molecule has 0 aromatic heterocycles. The van der Waals surface area contributed by atoms with Gasteiger partial charge in [0, 0.05) is 23.0 Å². The van der Waals surface area contributed by atoms with Crippen molar-refractivity contribution in [3.05, 3.63) is 154 Å². The summed E-state index contributed by atoms with van der Waals surface area (Å²) in [5.41, 5.74) is 11.4. The molecule has 0 atom stereocenters. The summed E-state index contributed by atoms with van der Waals surface area (Å²) < 4.78 is 0. The molecule has 43 heavy (non-hydrogen) atoms. The average molecular weight is 564 g/mol. The summed E-state index contributed by atoms with van der Waals surface area (Å²) in [5, 5.41) is 0. The van der Waals surface area contributed by atoms with E-state index in [9.17, 15) is 4.79 Å². The molecule has 0 radical (unpaired) electrons. The molecule has 2 heteroatoms. The van der Waals surface area contributed by atoms with Crippen molar-refractivity contribution < 1.29 is 4.79 Å². The third-order valence-electron chi connectivity index (χ3n) is 9.08. The lowest BCUT2D eigenvalue weighted by molar-refractivity contribution is 0.104. The zero-order valence-corrected chi connectivity index (χ0v) is 25.4. The van der Waals surface area contributed by atoms with E-state index in [0.29, 0.717) is 11.5 Å². The minimum Gasteiger partial charge on any atom is -0.310 e. The van der Waals surface area contributed by atoms with Crippen molar-refractivity contribution in [2.75, 3.05) is 0 Å². The van der Waals surface area contributed by atoms with Crippen LogP contribution in [-0.4, -0.2) is 10.7 Å². The van der Waals surface area contributed by atoms with Crippen molar-refractivity contribution >= 4 is 5.78 Å². The van der Waals surface area contributed by atoms with Crippen LogP contribution in [0.1, 0.15) is 95.5 Å². The van der Waals surface area contributed by atoms with E-state index in [2.05, 4.69) is 53.7 Å². The van der Waals surface area contributed by atoms with Gasteiger partial charge in [0.2, 0.25) is 0 Å². The molecule has 6 rings (SSSR count). The first-order chi connectivity index (χ1) is 21.0. The molecule has 2 nitrogen and oxygen atoms in total. The van der Waals surface area contributed by atoms with E-state index < -0.39 is 0 Å². The van der Waals surface area contributed by atoms with E-state index in [0.717, 1.165) is 40.9 Å². The van der Waals surface area contributed by atoms with Gasteiger partial charge in [-0.15, -0.1) is 0 Å². The van der Waals surface area contributed by atoms with Gasteiger partial charge in [-0.2, -0.15) is 0 Å². The Labute approximate surface area is 257 Å². The Kier molecular flexibility index (Phi) is 8.90. The number of benzene rings is 2. The zero-order valence-electron chi connectivity index (χ0n) is 25.4. The molecule has 0 amide bonds. The van der Waals surface area contributed by atoms with Crippen molar-refractivity contribution in [2.24, 2.45) is 0 Å². The highest BCUT2D eigenvalue weighted by molar-refractivity contribution is 6.04.